The molecule has 6 nitrogen and oxygen atoms in total. The number of rotatable bonds is 3. The third-order valence-corrected chi connectivity index (χ3v) is 6.92. The number of nitrogens with zero attached hydrogens (tertiary/aromatic N) is 3. The molecule has 1 fully saturated rings. The van der Waals surface area contributed by atoms with E-state index in [-0.39, 0.29) is 4.90 Å². The third kappa shape index (κ3) is 2.95. The molecule has 2 aromatic heterocycles. The van der Waals surface area contributed by atoms with Gasteiger partial charge in [-0.25, -0.2) is 21.8 Å². The quantitative estimate of drug-likeness (QED) is 0.563. The van der Waals surface area contributed by atoms with Gasteiger partial charge < -0.3 is 10.2 Å². The van der Waals surface area contributed by atoms with Gasteiger partial charge in [0.15, 0.2) is 0 Å². The van der Waals surface area contributed by atoms with Crippen LogP contribution in [0.15, 0.2) is 65.7 Å². The molecule has 1 aliphatic rings. The number of fused-ring (bicyclic) bond motifs is 3. The summed E-state index contributed by atoms with van der Waals surface area (Å²) in [7, 11) is -3.97. The van der Waals surface area contributed by atoms with Gasteiger partial charge in [-0.1, -0.05) is 24.3 Å². The van der Waals surface area contributed by atoms with Crippen molar-refractivity contribution in [1.82, 2.24) is 14.3 Å². The number of benzene rings is 2. The minimum absolute atomic E-state index is 0.0837. The first-order valence-corrected chi connectivity index (χ1v) is 10.9. The minimum atomic E-state index is -3.97. The van der Waals surface area contributed by atoms with Crippen molar-refractivity contribution < 1.29 is 12.8 Å². The van der Waals surface area contributed by atoms with Crippen LogP contribution in [0.1, 0.15) is 0 Å². The highest BCUT2D eigenvalue weighted by atomic mass is 32.2. The van der Waals surface area contributed by atoms with E-state index in [1.54, 1.807) is 6.07 Å². The van der Waals surface area contributed by atoms with Crippen molar-refractivity contribution in [1.29, 1.82) is 0 Å². The first-order valence-electron chi connectivity index (χ1n) is 9.42. The van der Waals surface area contributed by atoms with Crippen molar-refractivity contribution in [3.8, 4) is 0 Å². The maximum atomic E-state index is 13.7. The maximum Gasteiger partial charge on any atom is 0.268 e. The lowest BCUT2D eigenvalue weighted by atomic mass is 10.1. The number of nitrogens with one attached hydrogen (secondary N) is 1. The average Bonchev–Trinajstić information content (AvgIpc) is 3.20. The molecule has 29 heavy (non-hydrogen) atoms. The van der Waals surface area contributed by atoms with Crippen molar-refractivity contribution in [2.75, 3.05) is 31.1 Å². The molecule has 1 aliphatic heterocycles. The SMILES string of the molecule is O=S(=O)(c1cccc(F)c1)n1ccc2c(N3CCNCC3)nc3ccccc3c21. The normalized spacial score (nSPS) is 15.3. The summed E-state index contributed by atoms with van der Waals surface area (Å²) in [6, 6.07) is 14.4. The maximum absolute atomic E-state index is 13.7. The molecule has 0 spiro atoms. The fourth-order valence-corrected chi connectivity index (χ4v) is 5.26. The molecule has 148 valence electrons. The van der Waals surface area contributed by atoms with Crippen LogP contribution in [0.5, 0.6) is 0 Å². The number of aromatic nitrogens is 2. The predicted molar refractivity (Wildman–Crippen MR) is 111 cm³/mol. The summed E-state index contributed by atoms with van der Waals surface area (Å²) in [4.78, 5) is 6.93. The van der Waals surface area contributed by atoms with E-state index >= 15 is 0 Å². The molecule has 0 radical (unpaired) electrons. The van der Waals surface area contributed by atoms with E-state index in [2.05, 4.69) is 10.2 Å². The zero-order chi connectivity index (χ0) is 20.0. The van der Waals surface area contributed by atoms with Crippen molar-refractivity contribution in [3.63, 3.8) is 0 Å². The monoisotopic (exact) mass is 410 g/mol. The van der Waals surface area contributed by atoms with Crippen LogP contribution in [0, 0.1) is 5.82 Å². The lowest BCUT2D eigenvalue weighted by molar-refractivity contribution is 0.584. The van der Waals surface area contributed by atoms with Gasteiger partial charge in [0.25, 0.3) is 10.0 Å². The van der Waals surface area contributed by atoms with E-state index < -0.39 is 15.8 Å². The van der Waals surface area contributed by atoms with E-state index in [4.69, 9.17) is 4.98 Å². The van der Waals surface area contributed by atoms with Crippen LogP contribution in [0.25, 0.3) is 21.8 Å². The Bertz CT molecular complexity index is 1330. The van der Waals surface area contributed by atoms with E-state index in [0.29, 0.717) is 5.52 Å². The summed E-state index contributed by atoms with van der Waals surface area (Å²) in [6.07, 6.45) is 1.53. The van der Waals surface area contributed by atoms with E-state index in [9.17, 15) is 12.8 Å². The van der Waals surface area contributed by atoms with Gasteiger partial charge in [-0.05, 0) is 30.3 Å². The van der Waals surface area contributed by atoms with Gasteiger partial charge in [-0.3, -0.25) is 0 Å². The van der Waals surface area contributed by atoms with Gasteiger partial charge in [0.2, 0.25) is 0 Å². The van der Waals surface area contributed by atoms with Crippen LogP contribution in [0.3, 0.4) is 0 Å². The number of hydrogen-bond acceptors (Lipinski definition) is 5. The summed E-state index contributed by atoms with van der Waals surface area (Å²) in [5.41, 5.74) is 1.29. The van der Waals surface area contributed by atoms with Crippen LogP contribution in [-0.4, -0.2) is 43.6 Å². The molecule has 0 unspecified atom stereocenters. The zero-order valence-corrected chi connectivity index (χ0v) is 16.4. The fourth-order valence-electron chi connectivity index (χ4n) is 3.86. The molecule has 0 bridgehead atoms. The highest BCUT2D eigenvalue weighted by Gasteiger charge is 2.24. The molecule has 0 amide bonds. The topological polar surface area (TPSA) is 67.2 Å². The smallest absolute Gasteiger partial charge is 0.268 e. The van der Waals surface area contributed by atoms with Crippen molar-refractivity contribution in [3.05, 3.63) is 66.6 Å². The van der Waals surface area contributed by atoms with Crippen molar-refractivity contribution in [2.45, 2.75) is 4.90 Å². The lowest BCUT2D eigenvalue weighted by Gasteiger charge is -2.29. The minimum Gasteiger partial charge on any atom is -0.353 e. The van der Waals surface area contributed by atoms with Gasteiger partial charge in [-0.15, -0.1) is 0 Å². The Balaban J connectivity index is 1.81. The Labute approximate surface area is 167 Å². The second-order valence-electron chi connectivity index (χ2n) is 7.03. The van der Waals surface area contributed by atoms with Gasteiger partial charge >= 0.3 is 0 Å². The molecule has 1 N–H and O–H groups in total. The zero-order valence-electron chi connectivity index (χ0n) is 15.5. The van der Waals surface area contributed by atoms with Gasteiger partial charge in [0, 0.05) is 43.1 Å². The summed E-state index contributed by atoms with van der Waals surface area (Å²) in [5.74, 6) is 0.184. The highest BCUT2D eigenvalue weighted by Crippen LogP contribution is 2.34. The van der Waals surface area contributed by atoms with Gasteiger partial charge in [0.05, 0.1) is 15.9 Å². The Morgan fingerprint density at radius 1 is 0.966 bits per heavy atom. The molecule has 0 atom stereocenters. The summed E-state index contributed by atoms with van der Waals surface area (Å²) < 4.78 is 41.6. The number of pyridine rings is 1. The molecule has 1 saturated heterocycles. The molecule has 3 heterocycles. The molecule has 5 rings (SSSR count). The molecule has 0 aliphatic carbocycles. The lowest BCUT2D eigenvalue weighted by Crippen LogP contribution is -2.44. The van der Waals surface area contributed by atoms with Crippen LogP contribution < -0.4 is 10.2 Å². The molecule has 2 aromatic carbocycles. The Morgan fingerprint density at radius 2 is 1.76 bits per heavy atom. The first kappa shape index (κ1) is 18.1. The van der Waals surface area contributed by atoms with E-state index in [1.165, 1.54) is 28.4 Å². The predicted octanol–water partition coefficient (Wildman–Crippen LogP) is 2.98. The van der Waals surface area contributed by atoms with E-state index in [1.807, 2.05) is 24.3 Å². The molecular weight excluding hydrogens is 391 g/mol. The fraction of sp³-hybridized carbons (Fsp3) is 0.190. The number of hydrogen-bond donors (Lipinski definition) is 1. The first-order chi connectivity index (χ1) is 14.1. The number of para-hydroxylation sites is 1. The van der Waals surface area contributed by atoms with Crippen LogP contribution in [0.4, 0.5) is 10.2 Å². The number of halogens is 1. The van der Waals surface area contributed by atoms with Crippen molar-refractivity contribution >= 4 is 37.6 Å². The molecule has 8 heteroatoms. The molecule has 4 aromatic rings. The standard InChI is InChI=1S/C21H19FN4O2S/c22-15-4-3-5-16(14-15)29(27,28)26-11-8-18-20(26)17-6-1-2-7-19(17)24-21(18)25-12-9-23-10-13-25/h1-8,11,14,23H,9-10,12-13H2. The van der Waals surface area contributed by atoms with Crippen LogP contribution in [-0.2, 0) is 10.0 Å². The molecular formula is C21H19FN4O2S. The van der Waals surface area contributed by atoms with E-state index in [0.717, 1.165) is 54.4 Å². The summed E-state index contributed by atoms with van der Waals surface area (Å²) >= 11 is 0. The number of piperazine rings is 1. The third-order valence-electron chi connectivity index (χ3n) is 5.25. The van der Waals surface area contributed by atoms with Crippen LogP contribution >= 0.6 is 0 Å². The Morgan fingerprint density at radius 3 is 2.55 bits per heavy atom. The summed E-state index contributed by atoms with van der Waals surface area (Å²) in [6.45, 7) is 3.28. The Hall–Kier alpha value is -2.97. The largest absolute Gasteiger partial charge is 0.353 e. The second-order valence-corrected chi connectivity index (χ2v) is 8.84. The summed E-state index contributed by atoms with van der Waals surface area (Å²) in [5, 5.41) is 4.83. The van der Waals surface area contributed by atoms with Gasteiger partial charge in [-0.2, -0.15) is 0 Å². The Kier molecular flexibility index (Phi) is 4.25. The second kappa shape index (κ2) is 6.82. The number of anilines is 1. The average molecular weight is 410 g/mol. The highest BCUT2D eigenvalue weighted by molar-refractivity contribution is 7.90. The van der Waals surface area contributed by atoms with Gasteiger partial charge in [0.1, 0.15) is 11.6 Å². The van der Waals surface area contributed by atoms with Crippen LogP contribution in [0.2, 0.25) is 0 Å². The van der Waals surface area contributed by atoms with Crippen molar-refractivity contribution in [2.24, 2.45) is 0 Å². The molecule has 0 saturated carbocycles.